The molecule has 0 aromatic carbocycles. The van der Waals surface area contributed by atoms with E-state index in [2.05, 4.69) is 5.32 Å². The number of furan rings is 1. The van der Waals surface area contributed by atoms with E-state index < -0.39 is 11.9 Å². The lowest BCUT2D eigenvalue weighted by molar-refractivity contribution is 0.0703. The highest BCUT2D eigenvalue weighted by molar-refractivity contribution is 7.12. The molecule has 0 aliphatic carbocycles. The summed E-state index contributed by atoms with van der Waals surface area (Å²) in [4.78, 5) is 22.5. The minimum atomic E-state index is -1.09. The lowest BCUT2D eigenvalue weighted by Crippen LogP contribution is -2.12. The second-order valence-electron chi connectivity index (χ2n) is 3.03. The molecule has 0 bridgehead atoms. The number of hydrogen-bond donors (Lipinski definition) is 2. The van der Waals surface area contributed by atoms with Gasteiger partial charge in [0.2, 0.25) is 0 Å². The highest BCUT2D eigenvalue weighted by atomic mass is 35.5. The highest BCUT2D eigenvalue weighted by Crippen LogP contribution is 2.23. The normalized spacial score (nSPS) is 10.2. The van der Waals surface area contributed by atoms with Crippen molar-refractivity contribution in [1.82, 2.24) is 0 Å². The number of hydrogen-bond acceptors (Lipinski definition) is 4. The first-order chi connectivity index (χ1) is 8.08. The van der Waals surface area contributed by atoms with Gasteiger partial charge in [-0.15, -0.1) is 11.3 Å². The quantitative estimate of drug-likeness (QED) is 0.899. The first-order valence-electron chi connectivity index (χ1n) is 4.45. The van der Waals surface area contributed by atoms with E-state index in [0.29, 0.717) is 0 Å². The average molecular weight is 272 g/mol. The first-order valence-corrected chi connectivity index (χ1v) is 5.71. The third-order valence-electron chi connectivity index (χ3n) is 1.90. The smallest absolute Gasteiger partial charge is 0.348 e. The molecule has 0 saturated carbocycles. The first kappa shape index (κ1) is 11.7. The summed E-state index contributed by atoms with van der Waals surface area (Å²) in [6, 6.07) is 4.35. The molecular weight excluding hydrogens is 266 g/mol. The molecule has 2 heterocycles. The summed E-state index contributed by atoms with van der Waals surface area (Å²) in [7, 11) is 0. The van der Waals surface area contributed by atoms with Crippen molar-refractivity contribution in [3.8, 4) is 0 Å². The Morgan fingerprint density at radius 2 is 2.12 bits per heavy atom. The number of thiophene rings is 1. The largest absolute Gasteiger partial charge is 0.477 e. The van der Waals surface area contributed by atoms with Crippen molar-refractivity contribution in [3.63, 3.8) is 0 Å². The molecule has 0 fully saturated rings. The van der Waals surface area contributed by atoms with Crippen LogP contribution in [0.2, 0.25) is 5.22 Å². The van der Waals surface area contributed by atoms with Gasteiger partial charge in [0, 0.05) is 0 Å². The van der Waals surface area contributed by atoms with Crippen molar-refractivity contribution in [1.29, 1.82) is 0 Å². The van der Waals surface area contributed by atoms with E-state index in [0.717, 1.165) is 11.3 Å². The zero-order valence-electron chi connectivity index (χ0n) is 8.27. The van der Waals surface area contributed by atoms with E-state index in [4.69, 9.17) is 21.1 Å². The van der Waals surface area contributed by atoms with Gasteiger partial charge in [0.05, 0.1) is 5.69 Å². The fourth-order valence-electron chi connectivity index (χ4n) is 1.19. The van der Waals surface area contributed by atoms with Gasteiger partial charge in [-0.1, -0.05) is 0 Å². The van der Waals surface area contributed by atoms with Crippen LogP contribution in [0, 0.1) is 0 Å². The van der Waals surface area contributed by atoms with E-state index in [-0.39, 0.29) is 21.5 Å². The molecule has 0 atom stereocenters. The van der Waals surface area contributed by atoms with Crippen LogP contribution in [0.5, 0.6) is 0 Å². The molecule has 2 N–H and O–H groups in total. The maximum Gasteiger partial charge on any atom is 0.348 e. The molecule has 2 aromatic rings. The molecular formula is C10H6ClNO4S. The molecule has 7 heteroatoms. The minimum absolute atomic E-state index is 0.0255. The van der Waals surface area contributed by atoms with Crippen LogP contribution in [0.15, 0.2) is 28.0 Å². The third-order valence-corrected chi connectivity index (χ3v) is 3.01. The van der Waals surface area contributed by atoms with E-state index in [1.54, 1.807) is 5.38 Å². The van der Waals surface area contributed by atoms with Crippen LogP contribution in [0.4, 0.5) is 5.69 Å². The van der Waals surface area contributed by atoms with Gasteiger partial charge < -0.3 is 14.8 Å². The number of carboxylic acid groups (broad SMARTS) is 1. The van der Waals surface area contributed by atoms with Gasteiger partial charge in [-0.3, -0.25) is 4.79 Å². The number of amides is 1. The Bertz CT molecular complexity index is 574. The summed E-state index contributed by atoms with van der Waals surface area (Å²) in [6.45, 7) is 0. The van der Waals surface area contributed by atoms with Gasteiger partial charge in [0.15, 0.2) is 11.0 Å². The molecule has 0 spiro atoms. The summed E-state index contributed by atoms with van der Waals surface area (Å²) in [6.07, 6.45) is 0. The highest BCUT2D eigenvalue weighted by Gasteiger charge is 2.16. The van der Waals surface area contributed by atoms with E-state index >= 15 is 0 Å². The predicted molar refractivity (Wildman–Crippen MR) is 62.9 cm³/mol. The number of carbonyl (C=O) groups is 2. The molecule has 5 nitrogen and oxygen atoms in total. The number of aromatic carboxylic acids is 1. The zero-order valence-corrected chi connectivity index (χ0v) is 9.84. The number of anilines is 1. The predicted octanol–water partition coefficient (Wildman–Crippen LogP) is 2.95. The molecule has 0 aliphatic heterocycles. The lowest BCUT2D eigenvalue weighted by atomic mass is 10.3. The van der Waals surface area contributed by atoms with Crippen LogP contribution in [0.3, 0.4) is 0 Å². The van der Waals surface area contributed by atoms with Crippen molar-refractivity contribution in [3.05, 3.63) is 39.4 Å². The Balaban J connectivity index is 2.18. The second kappa shape index (κ2) is 4.60. The van der Waals surface area contributed by atoms with Crippen LogP contribution in [0.25, 0.3) is 0 Å². The lowest BCUT2D eigenvalue weighted by Gasteiger charge is -2.01. The SMILES string of the molecule is O=C(Nc1ccsc1C(=O)O)c1ccc(Cl)o1. The molecule has 0 radical (unpaired) electrons. The summed E-state index contributed by atoms with van der Waals surface area (Å²) in [5, 5.41) is 13.0. The van der Waals surface area contributed by atoms with Crippen LogP contribution < -0.4 is 5.32 Å². The second-order valence-corrected chi connectivity index (χ2v) is 4.32. The van der Waals surface area contributed by atoms with Gasteiger partial charge in [-0.25, -0.2) is 4.79 Å². The number of halogens is 1. The van der Waals surface area contributed by atoms with E-state index in [1.165, 1.54) is 18.2 Å². The number of rotatable bonds is 3. The van der Waals surface area contributed by atoms with Gasteiger partial charge in [0.25, 0.3) is 5.91 Å². The van der Waals surface area contributed by atoms with Crippen molar-refractivity contribution in [2.45, 2.75) is 0 Å². The Kier molecular flexibility index (Phi) is 3.16. The van der Waals surface area contributed by atoms with Crippen LogP contribution in [-0.4, -0.2) is 17.0 Å². The zero-order chi connectivity index (χ0) is 12.4. The van der Waals surface area contributed by atoms with Crippen molar-refractivity contribution in [2.75, 3.05) is 5.32 Å². The number of carbonyl (C=O) groups excluding carboxylic acids is 1. The van der Waals surface area contributed by atoms with Crippen molar-refractivity contribution < 1.29 is 19.1 Å². The van der Waals surface area contributed by atoms with E-state index in [1.807, 2.05) is 0 Å². The molecule has 17 heavy (non-hydrogen) atoms. The molecule has 88 valence electrons. The van der Waals surface area contributed by atoms with Crippen molar-refractivity contribution >= 4 is 40.5 Å². The molecule has 2 rings (SSSR count). The number of carboxylic acids is 1. The van der Waals surface area contributed by atoms with E-state index in [9.17, 15) is 9.59 Å². The van der Waals surface area contributed by atoms with Crippen molar-refractivity contribution in [2.24, 2.45) is 0 Å². The average Bonchev–Trinajstić information content (AvgIpc) is 2.86. The third kappa shape index (κ3) is 2.48. The molecule has 2 aromatic heterocycles. The standard InChI is InChI=1S/C10H6ClNO4S/c11-7-2-1-6(16-7)9(13)12-5-3-4-17-8(5)10(14)15/h1-4H,(H,12,13)(H,14,15). The van der Waals surface area contributed by atoms with Crippen LogP contribution in [0.1, 0.15) is 20.2 Å². The Morgan fingerprint density at radius 3 is 2.71 bits per heavy atom. The fourth-order valence-corrected chi connectivity index (χ4v) is 2.03. The van der Waals surface area contributed by atoms with Gasteiger partial charge >= 0.3 is 5.97 Å². The summed E-state index contributed by atoms with van der Waals surface area (Å²) in [5.74, 6) is -1.61. The minimum Gasteiger partial charge on any atom is -0.477 e. The summed E-state index contributed by atoms with van der Waals surface area (Å²) in [5.41, 5.74) is 0.236. The van der Waals surface area contributed by atoms with Gasteiger partial charge in [0.1, 0.15) is 4.88 Å². The van der Waals surface area contributed by atoms with Gasteiger partial charge in [-0.05, 0) is 35.2 Å². The fraction of sp³-hybridized carbons (Fsp3) is 0. The monoisotopic (exact) mass is 271 g/mol. The maximum atomic E-state index is 11.6. The maximum absolute atomic E-state index is 11.6. The number of nitrogens with one attached hydrogen (secondary N) is 1. The topological polar surface area (TPSA) is 79.5 Å². The summed E-state index contributed by atoms with van der Waals surface area (Å²) < 4.78 is 4.90. The van der Waals surface area contributed by atoms with Gasteiger partial charge in [-0.2, -0.15) is 0 Å². The Hall–Kier alpha value is -1.79. The Morgan fingerprint density at radius 1 is 1.35 bits per heavy atom. The Labute approximate surface area is 105 Å². The molecule has 0 unspecified atom stereocenters. The molecule has 1 amide bonds. The van der Waals surface area contributed by atoms with Crippen LogP contribution >= 0.6 is 22.9 Å². The van der Waals surface area contributed by atoms with Crippen LogP contribution in [-0.2, 0) is 0 Å². The summed E-state index contributed by atoms with van der Waals surface area (Å²) >= 11 is 6.56. The molecule has 0 saturated heterocycles. The molecule has 0 aliphatic rings.